The Morgan fingerprint density at radius 3 is 2.41 bits per heavy atom. The molecule has 0 aliphatic rings. The van der Waals surface area contributed by atoms with Gasteiger partial charge in [0.15, 0.2) is 9.84 Å². The lowest BCUT2D eigenvalue weighted by atomic mass is 10.2. The van der Waals surface area contributed by atoms with Gasteiger partial charge in [-0.1, -0.05) is 17.8 Å². The lowest BCUT2D eigenvalue weighted by molar-refractivity contribution is -0.114. The lowest BCUT2D eigenvalue weighted by Gasteiger charge is -2.05. The number of sulfone groups is 1. The molecule has 1 aromatic heterocycles. The van der Waals surface area contributed by atoms with Gasteiger partial charge in [-0.25, -0.2) is 17.2 Å². The molecule has 0 saturated carbocycles. The van der Waals surface area contributed by atoms with Crippen molar-refractivity contribution in [3.63, 3.8) is 0 Å². The van der Waals surface area contributed by atoms with Crippen LogP contribution in [0.3, 0.4) is 0 Å². The van der Waals surface area contributed by atoms with Crippen molar-refractivity contribution in [1.29, 1.82) is 0 Å². The van der Waals surface area contributed by atoms with Gasteiger partial charge in [0.05, 0.1) is 4.90 Å². The zero-order valence-corrected chi connectivity index (χ0v) is 15.4. The van der Waals surface area contributed by atoms with Crippen LogP contribution in [0.25, 0.3) is 10.9 Å². The molecule has 0 atom stereocenters. The Hall–Kier alpha value is -2.72. The van der Waals surface area contributed by atoms with E-state index in [4.69, 9.17) is 5.73 Å². The van der Waals surface area contributed by atoms with E-state index in [0.717, 1.165) is 24.1 Å². The fourth-order valence-corrected chi connectivity index (χ4v) is 4.13. The summed E-state index contributed by atoms with van der Waals surface area (Å²) in [7, 11) is -3.51. The van der Waals surface area contributed by atoms with Crippen LogP contribution in [0.4, 0.5) is 8.78 Å². The highest BCUT2D eigenvalue weighted by atomic mass is 32.2. The Balaban J connectivity index is 2.23. The molecule has 1 heterocycles. The van der Waals surface area contributed by atoms with Crippen molar-refractivity contribution in [3.05, 3.63) is 53.7 Å². The largest absolute Gasteiger partial charge is 0.363 e. The number of nitrogens with two attached hydrogens (primary N) is 1. The second kappa shape index (κ2) is 6.78. The van der Waals surface area contributed by atoms with Gasteiger partial charge in [-0.2, -0.15) is 0 Å². The van der Waals surface area contributed by atoms with Crippen molar-refractivity contribution in [2.45, 2.75) is 14.7 Å². The van der Waals surface area contributed by atoms with E-state index in [0.29, 0.717) is 11.5 Å². The average Bonchev–Trinajstić information content (AvgIpc) is 2.93. The summed E-state index contributed by atoms with van der Waals surface area (Å²) in [4.78, 5) is 26.4. The first-order valence-electron chi connectivity index (χ1n) is 7.40. The number of hydrogen-bond donors (Lipinski definition) is 2. The zero-order chi connectivity index (χ0) is 19.9. The second-order valence-corrected chi connectivity index (χ2v) is 8.75. The summed E-state index contributed by atoms with van der Waals surface area (Å²) in [5.41, 5.74) is 5.12. The second-order valence-electron chi connectivity index (χ2n) is 5.68. The van der Waals surface area contributed by atoms with Crippen molar-refractivity contribution in [3.8, 4) is 0 Å². The highest BCUT2D eigenvalue weighted by molar-refractivity contribution is 7.99. The number of primary amides is 1. The monoisotopic (exact) mass is 410 g/mol. The molecule has 140 valence electrons. The number of nitrogens with one attached hydrogen (secondary N) is 1. The number of halogens is 2. The topological polar surface area (TPSA) is 110 Å². The van der Waals surface area contributed by atoms with Gasteiger partial charge < -0.3 is 10.7 Å². The number of ketones is 1. The highest BCUT2D eigenvalue weighted by Crippen LogP contribution is 2.38. The van der Waals surface area contributed by atoms with Gasteiger partial charge in [0, 0.05) is 33.0 Å². The summed E-state index contributed by atoms with van der Waals surface area (Å²) in [6.45, 7) is 0. The molecule has 3 aromatic rings. The fourth-order valence-electron chi connectivity index (χ4n) is 2.44. The lowest BCUT2D eigenvalue weighted by Crippen LogP contribution is -2.23. The minimum atomic E-state index is -3.51. The Labute approximate surface area is 156 Å². The van der Waals surface area contributed by atoms with Gasteiger partial charge in [0.1, 0.15) is 17.3 Å². The summed E-state index contributed by atoms with van der Waals surface area (Å²) in [6.07, 6.45) is 1.02. The number of H-pyrrole nitrogens is 1. The van der Waals surface area contributed by atoms with Crippen LogP contribution in [0.15, 0.2) is 51.1 Å². The first kappa shape index (κ1) is 19.1. The van der Waals surface area contributed by atoms with Gasteiger partial charge in [-0.05, 0) is 24.3 Å². The van der Waals surface area contributed by atoms with Crippen LogP contribution in [0, 0.1) is 11.6 Å². The third kappa shape index (κ3) is 3.71. The molecular formula is C17H12F2N2O4S2. The molecule has 0 bridgehead atoms. The molecule has 0 unspecified atom stereocenters. The van der Waals surface area contributed by atoms with E-state index in [9.17, 15) is 26.8 Å². The third-order valence-electron chi connectivity index (χ3n) is 3.71. The standard InChI is InChI=1S/C17H12F2N2O4S2/c1-27(24,25)9-3-4-10-12(7-9)21-14(15(22)17(20)23)16(10)26-13-5-2-8(18)6-11(13)19/h2-7,21H,1H3,(H2,20,23). The van der Waals surface area contributed by atoms with E-state index in [1.54, 1.807) is 0 Å². The van der Waals surface area contributed by atoms with Crippen molar-refractivity contribution in [2.75, 3.05) is 6.26 Å². The predicted molar refractivity (Wildman–Crippen MR) is 95.4 cm³/mol. The summed E-state index contributed by atoms with van der Waals surface area (Å²) in [5.74, 6) is -3.88. The van der Waals surface area contributed by atoms with Gasteiger partial charge in [-0.15, -0.1) is 0 Å². The zero-order valence-electron chi connectivity index (χ0n) is 13.7. The van der Waals surface area contributed by atoms with Gasteiger partial charge in [0.25, 0.3) is 11.7 Å². The molecule has 10 heteroatoms. The first-order valence-corrected chi connectivity index (χ1v) is 10.1. The van der Waals surface area contributed by atoms with Crippen molar-refractivity contribution in [1.82, 2.24) is 4.98 Å². The number of carbonyl (C=O) groups is 2. The van der Waals surface area contributed by atoms with Crippen LogP contribution in [-0.2, 0) is 14.6 Å². The first-order chi connectivity index (χ1) is 12.6. The molecule has 2 aromatic carbocycles. The van der Waals surface area contributed by atoms with E-state index in [-0.39, 0.29) is 25.9 Å². The molecule has 0 saturated heterocycles. The molecule has 0 radical (unpaired) electrons. The van der Waals surface area contributed by atoms with Crippen molar-refractivity contribution >= 4 is 44.2 Å². The molecule has 3 N–H and O–H groups in total. The van der Waals surface area contributed by atoms with E-state index >= 15 is 0 Å². The number of hydrogen-bond acceptors (Lipinski definition) is 5. The summed E-state index contributed by atoms with van der Waals surface area (Å²) < 4.78 is 50.6. The predicted octanol–water partition coefficient (Wildman–Crippen LogP) is 2.67. The highest BCUT2D eigenvalue weighted by Gasteiger charge is 2.24. The van der Waals surface area contributed by atoms with Crippen molar-refractivity contribution < 1.29 is 26.8 Å². The molecule has 0 fully saturated rings. The summed E-state index contributed by atoms with van der Waals surface area (Å²) in [6, 6.07) is 7.00. The van der Waals surface area contributed by atoms with E-state index in [1.807, 2.05) is 0 Å². The quantitative estimate of drug-likeness (QED) is 0.496. The Kier molecular flexibility index (Phi) is 4.79. The molecule has 6 nitrogen and oxygen atoms in total. The van der Waals surface area contributed by atoms with Gasteiger partial charge in [-0.3, -0.25) is 9.59 Å². The van der Waals surface area contributed by atoms with Crippen LogP contribution >= 0.6 is 11.8 Å². The van der Waals surface area contributed by atoms with Gasteiger partial charge in [0.2, 0.25) is 0 Å². The number of Topliss-reactive ketones (excluding diaryl/α,β-unsaturated/α-hetero) is 1. The Morgan fingerprint density at radius 2 is 1.81 bits per heavy atom. The average molecular weight is 410 g/mol. The van der Waals surface area contributed by atoms with Crippen LogP contribution in [0.5, 0.6) is 0 Å². The number of rotatable bonds is 5. The molecule has 27 heavy (non-hydrogen) atoms. The van der Waals surface area contributed by atoms with E-state index in [2.05, 4.69) is 4.98 Å². The third-order valence-corrected chi connectivity index (χ3v) is 6.00. The fraction of sp³-hybridized carbons (Fsp3) is 0.0588. The minimum Gasteiger partial charge on any atom is -0.363 e. The molecule has 0 aliphatic carbocycles. The number of benzene rings is 2. The molecule has 1 amide bonds. The van der Waals surface area contributed by atoms with Crippen molar-refractivity contribution in [2.24, 2.45) is 5.73 Å². The number of carbonyl (C=O) groups excluding carboxylic acids is 2. The summed E-state index contributed by atoms with van der Waals surface area (Å²) in [5, 5.41) is 0.390. The minimum absolute atomic E-state index is 0.00108. The molecule has 3 rings (SSSR count). The molecule has 0 aliphatic heterocycles. The maximum Gasteiger partial charge on any atom is 0.291 e. The smallest absolute Gasteiger partial charge is 0.291 e. The number of fused-ring (bicyclic) bond motifs is 1. The van der Waals surface area contributed by atoms with Crippen LogP contribution in [0.2, 0.25) is 0 Å². The SMILES string of the molecule is CS(=O)(=O)c1ccc2c(Sc3ccc(F)cc3F)c(C(=O)C(N)=O)[nH]c2c1. The summed E-state index contributed by atoms with van der Waals surface area (Å²) >= 11 is 0.794. The number of aromatic nitrogens is 1. The maximum atomic E-state index is 14.0. The van der Waals surface area contributed by atoms with Crippen LogP contribution in [0.1, 0.15) is 10.5 Å². The van der Waals surface area contributed by atoms with Crippen LogP contribution in [-0.4, -0.2) is 31.3 Å². The maximum absolute atomic E-state index is 14.0. The number of aromatic amines is 1. The van der Waals surface area contributed by atoms with Gasteiger partial charge >= 0.3 is 0 Å². The molecule has 0 spiro atoms. The van der Waals surface area contributed by atoms with E-state index < -0.39 is 33.2 Å². The number of amides is 1. The molecular weight excluding hydrogens is 398 g/mol. The Bertz CT molecular complexity index is 1200. The Morgan fingerprint density at radius 1 is 1.11 bits per heavy atom. The van der Waals surface area contributed by atoms with E-state index in [1.165, 1.54) is 24.3 Å². The normalized spacial score (nSPS) is 11.7. The van der Waals surface area contributed by atoms with Crippen LogP contribution < -0.4 is 5.73 Å².